The lowest BCUT2D eigenvalue weighted by Crippen LogP contribution is -2.24. The number of ketones is 1. The number of esters is 1. The van der Waals surface area contributed by atoms with E-state index in [1.54, 1.807) is 37.3 Å². The molecule has 0 fully saturated rings. The second-order valence-corrected chi connectivity index (χ2v) is 5.67. The van der Waals surface area contributed by atoms with Gasteiger partial charge in [-0.1, -0.05) is 42.5 Å². The van der Waals surface area contributed by atoms with Crippen LogP contribution in [0.5, 0.6) is 11.5 Å². The molecule has 1 atom stereocenters. The first-order valence-electron chi connectivity index (χ1n) is 8.13. The predicted molar refractivity (Wildman–Crippen MR) is 97.1 cm³/mol. The molecule has 0 amide bonds. The molecule has 0 spiro atoms. The Balaban J connectivity index is 1.73. The van der Waals surface area contributed by atoms with Gasteiger partial charge >= 0.3 is 5.97 Å². The first kappa shape index (κ1) is 17.5. The van der Waals surface area contributed by atoms with Crippen LogP contribution in [0.25, 0.3) is 6.08 Å². The highest BCUT2D eigenvalue weighted by molar-refractivity contribution is 6.12. The van der Waals surface area contributed by atoms with Crippen LogP contribution in [-0.4, -0.2) is 25.0 Å². The lowest BCUT2D eigenvalue weighted by atomic mass is 10.1. The summed E-state index contributed by atoms with van der Waals surface area (Å²) in [4.78, 5) is 23.8. The number of Topliss-reactive ketones (excluding diaryl/α,β-unsaturated/α-hetero) is 1. The molecule has 0 bridgehead atoms. The SMILES string of the molecule is COC(=O)[C@H](C)Oc1ccc2c(c1)OC(=CC=Cc1ccccc1)C2=O. The molecule has 5 heteroatoms. The molecule has 1 aliphatic heterocycles. The van der Waals surface area contributed by atoms with E-state index in [2.05, 4.69) is 4.74 Å². The number of ether oxygens (including phenoxy) is 3. The van der Waals surface area contributed by atoms with Gasteiger partial charge in [-0.05, 0) is 30.7 Å². The van der Waals surface area contributed by atoms with Crippen LogP contribution in [0.2, 0.25) is 0 Å². The van der Waals surface area contributed by atoms with Crippen molar-refractivity contribution in [3.8, 4) is 11.5 Å². The number of benzene rings is 2. The average molecular weight is 350 g/mol. The van der Waals surface area contributed by atoms with E-state index in [-0.39, 0.29) is 11.5 Å². The molecule has 0 unspecified atom stereocenters. The summed E-state index contributed by atoms with van der Waals surface area (Å²) < 4.78 is 15.8. The van der Waals surface area contributed by atoms with Crippen LogP contribution in [-0.2, 0) is 9.53 Å². The zero-order valence-corrected chi connectivity index (χ0v) is 14.5. The highest BCUT2D eigenvalue weighted by Crippen LogP contribution is 2.34. The molecule has 1 aliphatic rings. The second kappa shape index (κ2) is 7.70. The summed E-state index contributed by atoms with van der Waals surface area (Å²) in [7, 11) is 1.30. The average Bonchev–Trinajstić information content (AvgIpc) is 2.97. The van der Waals surface area contributed by atoms with Gasteiger partial charge in [-0.3, -0.25) is 4.79 Å². The zero-order chi connectivity index (χ0) is 18.5. The molecular formula is C21H18O5. The molecule has 132 valence electrons. The predicted octanol–water partition coefficient (Wildman–Crippen LogP) is 3.80. The number of hydrogen-bond donors (Lipinski definition) is 0. The number of hydrogen-bond acceptors (Lipinski definition) is 5. The van der Waals surface area contributed by atoms with Gasteiger partial charge < -0.3 is 14.2 Å². The van der Waals surface area contributed by atoms with Gasteiger partial charge in [0.2, 0.25) is 5.78 Å². The van der Waals surface area contributed by atoms with Crippen molar-refractivity contribution in [2.45, 2.75) is 13.0 Å². The Kier molecular flexibility index (Phi) is 5.17. The van der Waals surface area contributed by atoms with E-state index in [0.29, 0.717) is 17.1 Å². The Morgan fingerprint density at radius 2 is 1.92 bits per heavy atom. The first-order valence-corrected chi connectivity index (χ1v) is 8.13. The van der Waals surface area contributed by atoms with Crippen molar-refractivity contribution in [1.29, 1.82) is 0 Å². The quantitative estimate of drug-likeness (QED) is 0.606. The Morgan fingerprint density at radius 1 is 1.15 bits per heavy atom. The van der Waals surface area contributed by atoms with E-state index in [9.17, 15) is 9.59 Å². The van der Waals surface area contributed by atoms with E-state index in [1.807, 2.05) is 36.4 Å². The Labute approximate surface area is 151 Å². The van der Waals surface area contributed by atoms with Crippen molar-refractivity contribution in [2.24, 2.45) is 0 Å². The van der Waals surface area contributed by atoms with Crippen molar-refractivity contribution in [2.75, 3.05) is 7.11 Å². The van der Waals surface area contributed by atoms with Gasteiger partial charge in [0.1, 0.15) is 11.5 Å². The van der Waals surface area contributed by atoms with E-state index < -0.39 is 12.1 Å². The van der Waals surface area contributed by atoms with Crippen LogP contribution < -0.4 is 9.47 Å². The topological polar surface area (TPSA) is 61.8 Å². The number of allylic oxidation sites excluding steroid dienone is 3. The van der Waals surface area contributed by atoms with E-state index in [0.717, 1.165) is 5.56 Å². The lowest BCUT2D eigenvalue weighted by molar-refractivity contribution is -0.147. The third-order valence-electron chi connectivity index (χ3n) is 3.82. The molecule has 0 aromatic heterocycles. The van der Waals surface area contributed by atoms with Gasteiger partial charge in [-0.15, -0.1) is 0 Å². The Morgan fingerprint density at radius 3 is 2.65 bits per heavy atom. The monoisotopic (exact) mass is 350 g/mol. The van der Waals surface area contributed by atoms with Crippen molar-refractivity contribution < 1.29 is 23.8 Å². The molecule has 0 N–H and O–H groups in total. The minimum absolute atomic E-state index is 0.190. The molecule has 26 heavy (non-hydrogen) atoms. The van der Waals surface area contributed by atoms with E-state index in [1.165, 1.54) is 7.11 Å². The third-order valence-corrected chi connectivity index (χ3v) is 3.82. The Bertz CT molecular complexity index is 881. The largest absolute Gasteiger partial charge is 0.479 e. The number of rotatable bonds is 5. The van der Waals surface area contributed by atoms with E-state index >= 15 is 0 Å². The van der Waals surface area contributed by atoms with Gasteiger partial charge in [0.15, 0.2) is 11.9 Å². The second-order valence-electron chi connectivity index (χ2n) is 5.67. The summed E-state index contributed by atoms with van der Waals surface area (Å²) in [6.07, 6.45) is 4.54. The molecule has 2 aromatic carbocycles. The summed E-state index contributed by atoms with van der Waals surface area (Å²) >= 11 is 0. The van der Waals surface area contributed by atoms with Gasteiger partial charge in [0.25, 0.3) is 0 Å². The molecule has 3 rings (SSSR count). The summed E-state index contributed by atoms with van der Waals surface area (Å²) in [6, 6.07) is 14.6. The van der Waals surface area contributed by atoms with Crippen LogP contribution in [0, 0.1) is 0 Å². The highest BCUT2D eigenvalue weighted by Gasteiger charge is 2.27. The minimum Gasteiger partial charge on any atom is -0.479 e. The molecule has 0 saturated carbocycles. The van der Waals surface area contributed by atoms with Gasteiger partial charge in [-0.2, -0.15) is 0 Å². The van der Waals surface area contributed by atoms with Crippen LogP contribution in [0.1, 0.15) is 22.8 Å². The van der Waals surface area contributed by atoms with Crippen molar-refractivity contribution >= 4 is 17.8 Å². The van der Waals surface area contributed by atoms with Gasteiger partial charge in [-0.25, -0.2) is 4.79 Å². The van der Waals surface area contributed by atoms with Crippen LogP contribution in [0.3, 0.4) is 0 Å². The highest BCUT2D eigenvalue weighted by atomic mass is 16.6. The van der Waals surface area contributed by atoms with Gasteiger partial charge in [0.05, 0.1) is 12.7 Å². The summed E-state index contributed by atoms with van der Waals surface area (Å²) in [5.41, 5.74) is 1.49. The normalized spacial score (nSPS) is 15.6. The zero-order valence-electron chi connectivity index (χ0n) is 14.5. The maximum atomic E-state index is 12.4. The molecule has 1 heterocycles. The summed E-state index contributed by atoms with van der Waals surface area (Å²) in [6.45, 7) is 1.59. The minimum atomic E-state index is -0.751. The first-order chi connectivity index (χ1) is 12.6. The number of methoxy groups -OCH3 is 1. The standard InChI is InChI=1S/C21H18O5/c1-14(21(23)24-2)25-16-11-12-17-19(13-16)26-18(20(17)22)10-6-9-15-7-4-3-5-8-15/h3-14H,1-2H3/t14-/m0/s1. The number of fused-ring (bicyclic) bond motifs is 1. The smallest absolute Gasteiger partial charge is 0.346 e. The number of carbonyl (C=O) groups excluding carboxylic acids is 2. The number of carbonyl (C=O) groups is 2. The molecule has 2 aromatic rings. The summed E-state index contributed by atoms with van der Waals surface area (Å²) in [5.74, 6) is 0.407. The molecular weight excluding hydrogens is 332 g/mol. The molecule has 5 nitrogen and oxygen atoms in total. The van der Waals surface area contributed by atoms with Crippen LogP contribution >= 0.6 is 0 Å². The maximum absolute atomic E-state index is 12.4. The van der Waals surface area contributed by atoms with E-state index in [4.69, 9.17) is 9.47 Å². The lowest BCUT2D eigenvalue weighted by Gasteiger charge is -2.12. The van der Waals surface area contributed by atoms with Crippen molar-refractivity contribution in [3.05, 3.63) is 77.6 Å². The third kappa shape index (κ3) is 3.83. The molecule has 0 aliphatic carbocycles. The fourth-order valence-electron chi connectivity index (χ4n) is 2.48. The fourth-order valence-corrected chi connectivity index (χ4v) is 2.48. The van der Waals surface area contributed by atoms with Crippen LogP contribution in [0.4, 0.5) is 0 Å². The van der Waals surface area contributed by atoms with Crippen molar-refractivity contribution in [3.63, 3.8) is 0 Å². The summed E-state index contributed by atoms with van der Waals surface area (Å²) in [5, 5.41) is 0. The molecule has 0 saturated heterocycles. The van der Waals surface area contributed by atoms with Crippen molar-refractivity contribution in [1.82, 2.24) is 0 Å². The fraction of sp³-hybridized carbons (Fsp3) is 0.143. The van der Waals surface area contributed by atoms with Gasteiger partial charge in [0, 0.05) is 6.07 Å². The Hall–Kier alpha value is -3.34. The van der Waals surface area contributed by atoms with Crippen LogP contribution in [0.15, 0.2) is 66.4 Å². The molecule has 0 radical (unpaired) electrons. The maximum Gasteiger partial charge on any atom is 0.346 e.